The van der Waals surface area contributed by atoms with E-state index in [1.54, 1.807) is 0 Å². The fourth-order valence-electron chi connectivity index (χ4n) is 4.33. The molecular formula is C26H30Br2N2S3. The van der Waals surface area contributed by atoms with E-state index in [9.17, 15) is 0 Å². The lowest BCUT2D eigenvalue weighted by Crippen LogP contribution is -1.90. The van der Waals surface area contributed by atoms with Gasteiger partial charge in [-0.05, 0) is 80.8 Å². The Hall–Kier alpha value is -0.600. The summed E-state index contributed by atoms with van der Waals surface area (Å²) in [5.74, 6) is 0. The molecule has 2 nitrogen and oxygen atoms in total. The average molecular weight is 627 g/mol. The normalized spacial score (nSPS) is 11.6. The van der Waals surface area contributed by atoms with Crippen LogP contribution in [0.2, 0.25) is 0 Å². The fraction of sp³-hybridized carbons (Fsp3) is 0.462. The number of hydrogen-bond donors (Lipinski definition) is 0. The van der Waals surface area contributed by atoms with Crippen molar-refractivity contribution >= 4 is 77.3 Å². The van der Waals surface area contributed by atoms with Crippen molar-refractivity contribution in [3.8, 4) is 20.9 Å². The Kier molecular flexibility index (Phi) is 9.57. The van der Waals surface area contributed by atoms with Crippen molar-refractivity contribution < 1.29 is 0 Å². The second kappa shape index (κ2) is 12.4. The molecule has 0 bridgehead atoms. The van der Waals surface area contributed by atoms with Crippen LogP contribution in [0.25, 0.3) is 31.9 Å². The molecule has 1 aromatic carbocycles. The molecular weight excluding hydrogens is 596 g/mol. The lowest BCUT2D eigenvalue weighted by molar-refractivity contribution is 0.668. The van der Waals surface area contributed by atoms with Gasteiger partial charge in [0.15, 0.2) is 0 Å². The zero-order valence-corrected chi connectivity index (χ0v) is 24.9. The van der Waals surface area contributed by atoms with Crippen LogP contribution in [0.1, 0.15) is 76.3 Å². The van der Waals surface area contributed by atoms with Crippen LogP contribution < -0.4 is 0 Å². The molecule has 0 atom stereocenters. The molecule has 0 aliphatic rings. The molecule has 0 aliphatic heterocycles. The highest BCUT2D eigenvalue weighted by molar-refractivity contribution is 9.11. The highest BCUT2D eigenvalue weighted by atomic mass is 79.9. The molecule has 0 saturated carbocycles. The van der Waals surface area contributed by atoms with Gasteiger partial charge in [-0.2, -0.15) is 8.75 Å². The molecule has 0 radical (unpaired) electrons. The van der Waals surface area contributed by atoms with E-state index in [4.69, 9.17) is 8.75 Å². The molecule has 0 amide bonds. The molecule has 0 spiro atoms. The van der Waals surface area contributed by atoms with Crippen LogP contribution >= 0.6 is 66.3 Å². The molecule has 176 valence electrons. The van der Waals surface area contributed by atoms with Gasteiger partial charge in [0.05, 0.1) is 19.3 Å². The quantitative estimate of drug-likeness (QED) is 0.146. The lowest BCUT2D eigenvalue weighted by Gasteiger charge is -2.09. The first kappa shape index (κ1) is 25.5. The Morgan fingerprint density at radius 2 is 1.12 bits per heavy atom. The van der Waals surface area contributed by atoms with Crippen LogP contribution in [0.3, 0.4) is 0 Å². The number of rotatable bonds is 12. The second-order valence-electron chi connectivity index (χ2n) is 8.55. The maximum atomic E-state index is 4.78. The highest BCUT2D eigenvalue weighted by Gasteiger charge is 2.20. The first-order valence-corrected chi connectivity index (χ1v) is 15.9. The number of aromatic nitrogens is 2. The predicted octanol–water partition coefficient (Wildman–Crippen LogP) is 10.9. The Balaban J connectivity index is 1.68. The summed E-state index contributed by atoms with van der Waals surface area (Å²) in [5.41, 5.74) is 7.40. The fourth-order valence-corrected chi connectivity index (χ4v) is 8.36. The summed E-state index contributed by atoms with van der Waals surface area (Å²) in [6, 6.07) is 9.16. The predicted molar refractivity (Wildman–Crippen MR) is 155 cm³/mol. The summed E-state index contributed by atoms with van der Waals surface area (Å²) in [4.78, 5) is 2.68. The van der Waals surface area contributed by atoms with Gasteiger partial charge in [-0.15, -0.1) is 22.7 Å². The monoisotopic (exact) mass is 624 g/mol. The van der Waals surface area contributed by atoms with E-state index in [1.807, 2.05) is 22.7 Å². The topological polar surface area (TPSA) is 25.8 Å². The standard InChI is InChI=1S/C26H30Br2N2S3/c1-3-5-7-9-11-17-15-21(27)31-25(17)19-13-14-20(24-23(19)29-33-30-24)26-18(16-22(28)32-26)12-10-8-6-4-2/h13-16H,3-12H2,1-2H3. The smallest absolute Gasteiger partial charge is 0.114 e. The minimum absolute atomic E-state index is 1.04. The number of nitrogens with zero attached hydrogens (tertiary/aromatic N) is 2. The van der Waals surface area contributed by atoms with Crippen molar-refractivity contribution in [2.75, 3.05) is 0 Å². The molecule has 4 rings (SSSR count). The number of unbranched alkanes of at least 4 members (excludes halogenated alkanes) is 6. The minimum atomic E-state index is 1.04. The molecule has 3 aromatic heterocycles. The Morgan fingerprint density at radius 1 is 0.667 bits per heavy atom. The molecule has 4 aromatic rings. The van der Waals surface area contributed by atoms with Gasteiger partial charge in [-0.3, -0.25) is 0 Å². The van der Waals surface area contributed by atoms with Gasteiger partial charge >= 0.3 is 0 Å². The zero-order valence-electron chi connectivity index (χ0n) is 19.3. The van der Waals surface area contributed by atoms with Crippen molar-refractivity contribution in [2.45, 2.75) is 78.1 Å². The van der Waals surface area contributed by atoms with Gasteiger partial charge in [0, 0.05) is 20.9 Å². The third-order valence-corrected chi connectivity index (χ3v) is 10.0. The number of thiophene rings is 2. The zero-order chi connectivity index (χ0) is 23.2. The third-order valence-electron chi connectivity index (χ3n) is 6.06. The Morgan fingerprint density at radius 3 is 1.55 bits per heavy atom. The molecule has 0 unspecified atom stereocenters. The van der Waals surface area contributed by atoms with Crippen molar-refractivity contribution in [1.82, 2.24) is 8.75 Å². The van der Waals surface area contributed by atoms with E-state index in [2.05, 4.69) is 70.0 Å². The van der Waals surface area contributed by atoms with E-state index in [0.29, 0.717) is 0 Å². The van der Waals surface area contributed by atoms with Crippen molar-refractivity contribution in [3.63, 3.8) is 0 Å². The molecule has 33 heavy (non-hydrogen) atoms. The van der Waals surface area contributed by atoms with Gasteiger partial charge in [0.2, 0.25) is 0 Å². The summed E-state index contributed by atoms with van der Waals surface area (Å²) >= 11 is 12.5. The number of hydrogen-bond acceptors (Lipinski definition) is 5. The maximum Gasteiger partial charge on any atom is 0.114 e. The van der Waals surface area contributed by atoms with E-state index >= 15 is 0 Å². The van der Waals surface area contributed by atoms with E-state index in [1.165, 1.54) is 103 Å². The van der Waals surface area contributed by atoms with Crippen LogP contribution in [0.15, 0.2) is 31.8 Å². The van der Waals surface area contributed by atoms with Crippen LogP contribution in [0, 0.1) is 0 Å². The second-order valence-corrected chi connectivity index (χ2v) is 13.9. The maximum absolute atomic E-state index is 4.78. The number of benzene rings is 1. The van der Waals surface area contributed by atoms with E-state index in [0.717, 1.165) is 23.9 Å². The first-order valence-electron chi connectivity index (χ1n) is 11.9. The SMILES string of the molecule is CCCCCCc1cc(Br)sc1-c1ccc(-c2sc(Br)cc2CCCCCC)c2nsnc12. The molecule has 3 heterocycles. The minimum Gasteiger partial charge on any atom is -0.172 e. The van der Waals surface area contributed by atoms with Gasteiger partial charge in [-0.1, -0.05) is 64.5 Å². The third kappa shape index (κ3) is 6.16. The van der Waals surface area contributed by atoms with Crippen molar-refractivity contribution in [2.24, 2.45) is 0 Å². The van der Waals surface area contributed by atoms with Crippen LogP contribution in [-0.2, 0) is 12.8 Å². The molecule has 0 saturated heterocycles. The summed E-state index contributed by atoms with van der Waals surface area (Å²) in [7, 11) is 0. The van der Waals surface area contributed by atoms with Gasteiger partial charge in [-0.25, -0.2) is 0 Å². The number of halogens is 2. The molecule has 7 heteroatoms. The van der Waals surface area contributed by atoms with Gasteiger partial charge in [0.25, 0.3) is 0 Å². The summed E-state index contributed by atoms with van der Waals surface area (Å²) in [6.45, 7) is 4.53. The molecule has 0 aliphatic carbocycles. The lowest BCUT2D eigenvalue weighted by atomic mass is 9.99. The molecule has 0 N–H and O–H groups in total. The van der Waals surface area contributed by atoms with Crippen LogP contribution in [0.5, 0.6) is 0 Å². The summed E-state index contributed by atoms with van der Waals surface area (Å²) in [5, 5.41) is 0. The van der Waals surface area contributed by atoms with Crippen molar-refractivity contribution in [3.05, 3.63) is 43.0 Å². The van der Waals surface area contributed by atoms with Crippen molar-refractivity contribution in [1.29, 1.82) is 0 Å². The van der Waals surface area contributed by atoms with E-state index < -0.39 is 0 Å². The Bertz CT molecular complexity index is 1100. The summed E-state index contributed by atoms with van der Waals surface area (Å²) < 4.78 is 11.9. The van der Waals surface area contributed by atoms with Gasteiger partial charge in [0.1, 0.15) is 11.0 Å². The largest absolute Gasteiger partial charge is 0.172 e. The average Bonchev–Trinajstić information content (AvgIpc) is 3.52. The van der Waals surface area contributed by atoms with Gasteiger partial charge < -0.3 is 0 Å². The van der Waals surface area contributed by atoms with E-state index in [-0.39, 0.29) is 0 Å². The number of aryl methyl sites for hydroxylation is 2. The Labute approximate surface area is 226 Å². The van der Waals surface area contributed by atoms with Crippen LogP contribution in [-0.4, -0.2) is 8.75 Å². The molecule has 0 fully saturated rings. The highest BCUT2D eigenvalue weighted by Crippen LogP contribution is 2.44. The number of fused-ring (bicyclic) bond motifs is 1. The first-order chi connectivity index (χ1) is 16.1. The summed E-state index contributed by atoms with van der Waals surface area (Å²) in [6.07, 6.45) is 12.5. The van der Waals surface area contributed by atoms with Crippen LogP contribution in [0.4, 0.5) is 0 Å².